The van der Waals surface area contributed by atoms with Crippen molar-refractivity contribution < 1.29 is 23.5 Å². The van der Waals surface area contributed by atoms with Crippen molar-refractivity contribution >= 4 is 32.4 Å². The molecule has 5 rings (SSSR count). The van der Waals surface area contributed by atoms with E-state index in [1.807, 2.05) is 19.2 Å². The number of benzene rings is 3. The van der Waals surface area contributed by atoms with Gasteiger partial charge in [0, 0.05) is 5.39 Å². The molecule has 156 valence electrons. The maximum Gasteiger partial charge on any atom is 0.231 e. The summed E-state index contributed by atoms with van der Waals surface area (Å²) >= 11 is 0. The fourth-order valence-corrected chi connectivity index (χ4v) is 3.87. The highest BCUT2D eigenvalue weighted by molar-refractivity contribution is 6.15. The quantitative estimate of drug-likeness (QED) is 0.332. The fourth-order valence-electron chi connectivity index (χ4n) is 3.87. The van der Waals surface area contributed by atoms with Crippen molar-refractivity contribution in [3.05, 3.63) is 42.6 Å². The summed E-state index contributed by atoms with van der Waals surface area (Å²) in [6.07, 6.45) is 4.73. The Morgan fingerprint density at radius 3 is 2.20 bits per heavy atom. The van der Waals surface area contributed by atoms with Crippen LogP contribution in [-0.2, 0) is 7.05 Å². The predicted octanol–water partition coefficient (Wildman–Crippen LogP) is 5.52. The van der Waals surface area contributed by atoms with Gasteiger partial charge < -0.3 is 18.9 Å². The summed E-state index contributed by atoms with van der Waals surface area (Å²) < 4.78 is 24.3. The highest BCUT2D eigenvalue weighted by atomic mass is 16.7. The van der Waals surface area contributed by atoms with Gasteiger partial charge in [-0.1, -0.05) is 32.8 Å². The van der Waals surface area contributed by atoms with E-state index in [4.69, 9.17) is 18.9 Å². The summed E-state index contributed by atoms with van der Waals surface area (Å²) in [5.74, 6) is 3.06. The average molecular weight is 407 g/mol. The molecule has 0 radical (unpaired) electrons. The van der Waals surface area contributed by atoms with Crippen LogP contribution in [0.3, 0.4) is 0 Å². The van der Waals surface area contributed by atoms with Gasteiger partial charge in [-0.25, -0.2) is 0 Å². The summed E-state index contributed by atoms with van der Waals surface area (Å²) in [5, 5.41) is 5.54. The van der Waals surface area contributed by atoms with Gasteiger partial charge in [-0.15, -0.1) is 0 Å². The van der Waals surface area contributed by atoms with E-state index in [2.05, 4.69) is 48.9 Å². The molecule has 0 N–H and O–H groups in total. The Bertz CT molecular complexity index is 1230. The van der Waals surface area contributed by atoms with E-state index in [1.165, 1.54) is 12.8 Å². The smallest absolute Gasteiger partial charge is 0.231 e. The van der Waals surface area contributed by atoms with Gasteiger partial charge in [0.2, 0.25) is 12.3 Å². The van der Waals surface area contributed by atoms with Crippen molar-refractivity contribution in [2.24, 2.45) is 7.05 Å². The number of methoxy groups -OCH3 is 2. The normalized spacial score (nSPS) is 12.2. The lowest BCUT2D eigenvalue weighted by atomic mass is 10.00. The molecule has 30 heavy (non-hydrogen) atoms. The van der Waals surface area contributed by atoms with Crippen molar-refractivity contribution in [1.82, 2.24) is 0 Å². The second-order valence-corrected chi connectivity index (χ2v) is 7.39. The van der Waals surface area contributed by atoms with Crippen molar-refractivity contribution in [2.45, 2.75) is 26.7 Å². The van der Waals surface area contributed by atoms with Gasteiger partial charge >= 0.3 is 0 Å². The number of rotatable bonds is 3. The molecule has 0 spiro atoms. The highest BCUT2D eigenvalue weighted by Crippen LogP contribution is 2.41. The average Bonchev–Trinajstić information content (AvgIpc) is 3.23. The van der Waals surface area contributed by atoms with E-state index in [9.17, 15) is 0 Å². The molecule has 5 nitrogen and oxygen atoms in total. The molecule has 0 saturated heterocycles. The molecule has 3 aromatic carbocycles. The predicted molar refractivity (Wildman–Crippen MR) is 120 cm³/mol. The second-order valence-electron chi connectivity index (χ2n) is 7.39. The number of ether oxygens (including phenoxy) is 4. The number of pyridine rings is 1. The minimum Gasteiger partial charge on any atom is -0.493 e. The van der Waals surface area contributed by atoms with Crippen LogP contribution in [0, 0.1) is 0 Å². The van der Waals surface area contributed by atoms with Crippen LogP contribution in [0.1, 0.15) is 26.7 Å². The first-order chi connectivity index (χ1) is 14.6. The molecular weight excluding hydrogens is 378 g/mol. The summed E-state index contributed by atoms with van der Waals surface area (Å²) in [7, 11) is 5.37. The number of unbranched alkanes of at least 4 members (excludes halogenated alkanes) is 1. The van der Waals surface area contributed by atoms with Crippen molar-refractivity contribution in [2.75, 3.05) is 21.0 Å². The number of nitrogens with zero attached hydrogens (tertiary/aromatic N) is 1. The Labute approximate surface area is 176 Å². The van der Waals surface area contributed by atoms with E-state index >= 15 is 0 Å². The first-order valence-corrected chi connectivity index (χ1v) is 10.3. The van der Waals surface area contributed by atoms with Gasteiger partial charge in [0.05, 0.1) is 30.4 Å². The molecule has 4 aromatic rings. The van der Waals surface area contributed by atoms with Gasteiger partial charge in [0.25, 0.3) is 0 Å². The third-order valence-electron chi connectivity index (χ3n) is 5.53. The Morgan fingerprint density at radius 2 is 1.53 bits per heavy atom. The molecule has 0 bridgehead atoms. The van der Waals surface area contributed by atoms with E-state index in [-0.39, 0.29) is 6.79 Å². The lowest BCUT2D eigenvalue weighted by Crippen LogP contribution is -2.28. The Morgan fingerprint density at radius 1 is 0.833 bits per heavy atom. The van der Waals surface area contributed by atoms with Crippen molar-refractivity contribution in [3.63, 3.8) is 0 Å². The first kappa shape index (κ1) is 20.1. The van der Waals surface area contributed by atoms with E-state index in [0.29, 0.717) is 0 Å². The highest BCUT2D eigenvalue weighted by Gasteiger charge is 2.21. The monoisotopic (exact) mass is 406 g/mol. The zero-order valence-corrected chi connectivity index (χ0v) is 18.2. The summed E-state index contributed by atoms with van der Waals surface area (Å²) in [4.78, 5) is 0. The molecule has 1 aliphatic rings. The minimum absolute atomic E-state index is 0.273. The maximum absolute atomic E-state index is 5.63. The van der Waals surface area contributed by atoms with Crippen LogP contribution in [0.2, 0.25) is 0 Å². The Hall–Kier alpha value is -3.21. The number of hydrogen-bond donors (Lipinski definition) is 0. The third kappa shape index (κ3) is 3.24. The number of aryl methyl sites for hydroxylation is 1. The van der Waals surface area contributed by atoms with Gasteiger partial charge in [-0.05, 0) is 35.7 Å². The number of fused-ring (bicyclic) bond motifs is 6. The molecule has 0 unspecified atom stereocenters. The molecule has 1 aromatic heterocycles. The summed E-state index contributed by atoms with van der Waals surface area (Å²) in [5.41, 5.74) is 1.14. The minimum atomic E-state index is 0.273. The molecule has 2 heterocycles. The first-order valence-electron chi connectivity index (χ1n) is 10.3. The van der Waals surface area contributed by atoms with Crippen molar-refractivity contribution in [1.29, 1.82) is 0 Å². The van der Waals surface area contributed by atoms with Crippen LogP contribution in [0.25, 0.3) is 32.4 Å². The molecule has 0 saturated carbocycles. The molecular formula is C25H28NO4+. The van der Waals surface area contributed by atoms with Crippen molar-refractivity contribution in [3.8, 4) is 23.0 Å². The molecule has 0 aliphatic carbocycles. The van der Waals surface area contributed by atoms with E-state index < -0.39 is 0 Å². The van der Waals surface area contributed by atoms with Crippen LogP contribution < -0.4 is 23.5 Å². The zero-order chi connectivity index (χ0) is 21.3. The number of aromatic nitrogens is 1. The Balaban J connectivity index is 0.000000503. The standard InChI is InChI=1S/C21H18NO4.C4H10/c1-22-10-16-13(6-7-17(23-2)21(16)24-3)14-5-4-12-8-18-19(26-11-25-18)9-15(12)20(14)22;1-3-4-2/h4-10H,11H2,1-3H3;3-4H2,1-2H3/q+1;. The fraction of sp³-hybridized carbons (Fsp3) is 0.320. The lowest BCUT2D eigenvalue weighted by molar-refractivity contribution is -0.642. The maximum atomic E-state index is 5.63. The largest absolute Gasteiger partial charge is 0.493 e. The molecule has 0 fully saturated rings. The Kier molecular flexibility index (Phi) is 5.53. The third-order valence-corrected chi connectivity index (χ3v) is 5.53. The molecule has 5 heteroatoms. The van der Waals surface area contributed by atoms with Crippen LogP contribution in [0.15, 0.2) is 42.6 Å². The van der Waals surface area contributed by atoms with Crippen LogP contribution >= 0.6 is 0 Å². The van der Waals surface area contributed by atoms with Gasteiger partial charge in [0.1, 0.15) is 7.05 Å². The van der Waals surface area contributed by atoms with Crippen LogP contribution in [0.5, 0.6) is 23.0 Å². The van der Waals surface area contributed by atoms with Crippen LogP contribution in [0.4, 0.5) is 0 Å². The lowest BCUT2D eigenvalue weighted by Gasteiger charge is -2.12. The van der Waals surface area contributed by atoms with Crippen LogP contribution in [-0.4, -0.2) is 21.0 Å². The second kappa shape index (κ2) is 8.27. The SMILES string of the molecule is CCCC.COc1ccc2c(c[n+](C)c3c4cc5c(cc4ccc23)OCO5)c1OC. The zero-order valence-electron chi connectivity index (χ0n) is 18.2. The van der Waals surface area contributed by atoms with E-state index in [0.717, 1.165) is 55.4 Å². The topological polar surface area (TPSA) is 40.8 Å². The van der Waals surface area contributed by atoms with Gasteiger partial charge in [0.15, 0.2) is 29.2 Å². The van der Waals surface area contributed by atoms with E-state index in [1.54, 1.807) is 14.2 Å². The molecule has 0 amide bonds. The number of hydrogen-bond acceptors (Lipinski definition) is 4. The van der Waals surface area contributed by atoms with Gasteiger partial charge in [-0.3, -0.25) is 0 Å². The molecule has 1 aliphatic heterocycles. The summed E-state index contributed by atoms with van der Waals surface area (Å²) in [6.45, 7) is 4.63. The summed E-state index contributed by atoms with van der Waals surface area (Å²) in [6, 6.07) is 12.4. The molecule has 0 atom stereocenters. The van der Waals surface area contributed by atoms with Gasteiger partial charge in [-0.2, -0.15) is 4.57 Å².